The van der Waals surface area contributed by atoms with E-state index in [1.54, 1.807) is 0 Å². The minimum atomic E-state index is -2.55. The van der Waals surface area contributed by atoms with Crippen LogP contribution in [0.15, 0.2) is 0 Å². The summed E-state index contributed by atoms with van der Waals surface area (Å²) in [5.41, 5.74) is 0. The number of ether oxygens (including phenoxy) is 6. The van der Waals surface area contributed by atoms with Crippen LogP contribution in [0.4, 0.5) is 0 Å². The molecular formula is C23H37NO18. The number of carbonyl (C=O) groups is 2. The predicted octanol–water partition coefficient (Wildman–Crippen LogP) is -7.74. The van der Waals surface area contributed by atoms with Crippen LogP contribution in [-0.2, 0) is 38.0 Å². The third-order valence-corrected chi connectivity index (χ3v) is 7.67. The molecular weight excluding hydrogens is 578 g/mol. The fourth-order valence-electron chi connectivity index (χ4n) is 5.47. The Bertz CT molecular complexity index is 956. The summed E-state index contributed by atoms with van der Waals surface area (Å²) in [6.45, 7) is -1.50. The van der Waals surface area contributed by atoms with Crippen molar-refractivity contribution in [2.24, 2.45) is 0 Å². The molecule has 1 spiro atoms. The van der Waals surface area contributed by atoms with Gasteiger partial charge in [-0.2, -0.15) is 0 Å². The van der Waals surface area contributed by atoms with E-state index in [2.05, 4.69) is 5.32 Å². The lowest BCUT2D eigenvalue weighted by atomic mass is 9.87. The first kappa shape index (κ1) is 33.2. The van der Waals surface area contributed by atoms with Crippen LogP contribution in [-0.4, -0.2) is 180 Å². The van der Waals surface area contributed by atoms with Gasteiger partial charge < -0.3 is 84.8 Å². The maximum absolute atomic E-state index is 13.4. The lowest BCUT2D eigenvalue weighted by Gasteiger charge is -2.54. The molecule has 4 saturated heterocycles. The lowest BCUT2D eigenvalue weighted by Crippen LogP contribution is -2.74. The first-order chi connectivity index (χ1) is 19.8. The van der Waals surface area contributed by atoms with Crippen LogP contribution < -0.4 is 5.32 Å². The number of esters is 1. The van der Waals surface area contributed by atoms with Crippen LogP contribution in [0.25, 0.3) is 0 Å². The van der Waals surface area contributed by atoms with Crippen LogP contribution >= 0.6 is 0 Å². The summed E-state index contributed by atoms with van der Waals surface area (Å²) in [5, 5.41) is 104. The maximum Gasteiger partial charge on any atom is 0.367 e. The molecule has 4 aliphatic rings. The summed E-state index contributed by atoms with van der Waals surface area (Å²) >= 11 is 0. The molecule has 0 aromatic rings. The number of aliphatic hydroxyl groups excluding tert-OH is 10. The Labute approximate surface area is 237 Å². The van der Waals surface area contributed by atoms with E-state index in [-0.39, 0.29) is 0 Å². The molecule has 242 valence electrons. The van der Waals surface area contributed by atoms with E-state index >= 15 is 0 Å². The molecule has 42 heavy (non-hydrogen) atoms. The third kappa shape index (κ3) is 6.14. The van der Waals surface area contributed by atoms with Crippen LogP contribution in [0.2, 0.25) is 0 Å². The highest BCUT2D eigenvalue weighted by atomic mass is 16.8. The molecule has 4 rings (SSSR count). The Morgan fingerprint density at radius 1 is 0.976 bits per heavy atom. The van der Waals surface area contributed by atoms with Crippen LogP contribution in [0.1, 0.15) is 13.3 Å². The summed E-state index contributed by atoms with van der Waals surface area (Å²) in [4.78, 5) is 25.1. The SMILES string of the molecule is CC(=O)NC1C([C@@H](O)[C@@H](O)CO)O[C@]2(C[C@@H]1O)O[C@H]1[C@@H](O)[C@@H](CO)O[C@@H](O[C@H]3[C@H](O)[C@@H](O)C(O)O[C@@H]3CO)[C@@H]1OC2=O. The monoisotopic (exact) mass is 615 g/mol. The minimum absolute atomic E-state index is 0.667. The zero-order chi connectivity index (χ0) is 31.1. The summed E-state index contributed by atoms with van der Waals surface area (Å²) in [6.07, 6.45) is -24.8. The predicted molar refractivity (Wildman–Crippen MR) is 126 cm³/mol. The van der Waals surface area contributed by atoms with Crippen molar-refractivity contribution in [2.75, 3.05) is 19.8 Å². The van der Waals surface area contributed by atoms with Crippen molar-refractivity contribution in [3.05, 3.63) is 0 Å². The molecule has 16 atom stereocenters. The molecule has 19 nitrogen and oxygen atoms in total. The number of hydrogen-bond acceptors (Lipinski definition) is 18. The third-order valence-electron chi connectivity index (χ3n) is 7.67. The first-order valence-electron chi connectivity index (χ1n) is 13.2. The van der Waals surface area contributed by atoms with Gasteiger partial charge in [0.1, 0.15) is 61.0 Å². The number of aliphatic hydroxyl groups is 10. The first-order valence-corrected chi connectivity index (χ1v) is 13.2. The van der Waals surface area contributed by atoms with Gasteiger partial charge in [-0.3, -0.25) is 4.79 Å². The van der Waals surface area contributed by atoms with Gasteiger partial charge in [0.15, 0.2) is 18.7 Å². The Balaban J connectivity index is 1.63. The molecule has 4 fully saturated rings. The quantitative estimate of drug-likeness (QED) is 0.113. The highest BCUT2D eigenvalue weighted by Gasteiger charge is 2.64. The van der Waals surface area contributed by atoms with E-state index < -0.39 is 136 Å². The molecule has 11 N–H and O–H groups in total. The van der Waals surface area contributed by atoms with E-state index in [4.69, 9.17) is 28.4 Å². The average molecular weight is 616 g/mol. The molecule has 0 saturated carbocycles. The molecule has 0 aliphatic carbocycles. The normalized spacial score (nSPS) is 47.3. The topological polar surface area (TPSA) is 304 Å². The maximum atomic E-state index is 13.4. The molecule has 0 bridgehead atoms. The Morgan fingerprint density at radius 2 is 1.64 bits per heavy atom. The van der Waals surface area contributed by atoms with Crippen LogP contribution in [0, 0.1) is 0 Å². The summed E-state index contributed by atoms with van der Waals surface area (Å²) in [7, 11) is 0. The number of hydrogen-bond donors (Lipinski definition) is 11. The standard InChI is InChI=1S/C23H37NO18/c1-6(28)24-11-7(29)2-23(41-17(11)12(31)8(30)3-25)22(36)40-19-18(42-23)13(32)9(4-26)38-21(19)39-16-10(5-27)37-20(35)15(34)14(16)33/h7-21,25-27,29-35H,2-5H2,1H3,(H,24,28)/t7-,8-,9+,10+,11?,12-,13-,14+,15+,16+,17?,18-,19+,20?,21-,23+/m0/s1. The van der Waals surface area contributed by atoms with Gasteiger partial charge in [-0.15, -0.1) is 0 Å². The van der Waals surface area contributed by atoms with Crippen molar-refractivity contribution in [2.45, 2.75) is 111 Å². The molecule has 3 unspecified atom stereocenters. The molecule has 1 amide bonds. The molecule has 0 radical (unpaired) electrons. The van der Waals surface area contributed by atoms with Crippen molar-refractivity contribution < 1.29 is 89.1 Å². The van der Waals surface area contributed by atoms with Crippen molar-refractivity contribution in [1.82, 2.24) is 5.32 Å². The van der Waals surface area contributed by atoms with Crippen molar-refractivity contribution >= 4 is 11.9 Å². The Hall–Kier alpha value is -1.66. The van der Waals surface area contributed by atoms with Gasteiger partial charge in [-0.25, -0.2) is 4.79 Å². The second kappa shape index (κ2) is 13.1. The van der Waals surface area contributed by atoms with E-state index in [9.17, 15) is 60.7 Å². The second-order valence-electron chi connectivity index (χ2n) is 10.6. The van der Waals surface area contributed by atoms with Gasteiger partial charge in [0.25, 0.3) is 5.79 Å². The molecule has 19 heteroatoms. The molecule has 0 aromatic heterocycles. The van der Waals surface area contributed by atoms with E-state index in [0.29, 0.717) is 0 Å². The van der Waals surface area contributed by atoms with Gasteiger partial charge in [-0.05, 0) is 0 Å². The van der Waals surface area contributed by atoms with E-state index in [0.717, 1.165) is 6.92 Å². The number of nitrogens with one attached hydrogen (secondary N) is 1. The van der Waals surface area contributed by atoms with Crippen LogP contribution in [0.3, 0.4) is 0 Å². The van der Waals surface area contributed by atoms with Gasteiger partial charge in [0.2, 0.25) is 5.91 Å². The van der Waals surface area contributed by atoms with Crippen LogP contribution in [0.5, 0.6) is 0 Å². The van der Waals surface area contributed by atoms with Gasteiger partial charge >= 0.3 is 5.97 Å². The number of carbonyl (C=O) groups excluding carboxylic acids is 2. The second-order valence-corrected chi connectivity index (χ2v) is 10.6. The zero-order valence-corrected chi connectivity index (χ0v) is 22.2. The average Bonchev–Trinajstić information content (AvgIpc) is 2.95. The summed E-state index contributed by atoms with van der Waals surface area (Å²) < 4.78 is 33.3. The number of fused-ring (bicyclic) bond motifs is 1. The fourth-order valence-corrected chi connectivity index (χ4v) is 5.47. The Kier molecular flexibility index (Phi) is 10.4. The van der Waals surface area contributed by atoms with Crippen molar-refractivity contribution in [3.63, 3.8) is 0 Å². The highest BCUT2D eigenvalue weighted by molar-refractivity contribution is 5.79. The number of rotatable bonds is 8. The van der Waals surface area contributed by atoms with Crippen molar-refractivity contribution in [1.29, 1.82) is 0 Å². The summed E-state index contributed by atoms with van der Waals surface area (Å²) in [5.74, 6) is -4.55. The molecule has 4 aliphatic heterocycles. The highest BCUT2D eigenvalue weighted by Crippen LogP contribution is 2.42. The van der Waals surface area contributed by atoms with Gasteiger partial charge in [-0.1, -0.05) is 0 Å². The summed E-state index contributed by atoms with van der Waals surface area (Å²) in [6, 6.07) is -1.40. The van der Waals surface area contributed by atoms with E-state index in [1.165, 1.54) is 0 Å². The smallest absolute Gasteiger partial charge is 0.367 e. The van der Waals surface area contributed by atoms with E-state index in [1.807, 2.05) is 0 Å². The number of amides is 1. The Morgan fingerprint density at radius 3 is 2.24 bits per heavy atom. The lowest BCUT2D eigenvalue weighted by molar-refractivity contribution is -0.407. The minimum Gasteiger partial charge on any atom is -0.450 e. The zero-order valence-electron chi connectivity index (χ0n) is 22.2. The van der Waals surface area contributed by atoms with Gasteiger partial charge in [0.05, 0.1) is 32.0 Å². The fraction of sp³-hybridized carbons (Fsp3) is 0.913. The largest absolute Gasteiger partial charge is 0.450 e. The molecule has 4 heterocycles. The van der Waals surface area contributed by atoms with Crippen molar-refractivity contribution in [3.8, 4) is 0 Å². The molecule has 0 aromatic carbocycles. The van der Waals surface area contributed by atoms with Gasteiger partial charge in [0, 0.05) is 13.3 Å².